The van der Waals surface area contributed by atoms with Gasteiger partial charge in [-0.2, -0.15) is 0 Å². The van der Waals surface area contributed by atoms with E-state index in [0.717, 1.165) is 16.7 Å². The molecule has 1 heterocycles. The van der Waals surface area contributed by atoms with Gasteiger partial charge in [-0.05, 0) is 43.5 Å². The molecule has 0 bridgehead atoms. The normalized spacial score (nSPS) is 10.7. The molecule has 0 spiro atoms. The van der Waals surface area contributed by atoms with E-state index in [1.54, 1.807) is 6.92 Å². The van der Waals surface area contributed by atoms with Crippen LogP contribution >= 0.6 is 0 Å². The van der Waals surface area contributed by atoms with E-state index in [0.29, 0.717) is 11.6 Å². The van der Waals surface area contributed by atoms with Gasteiger partial charge in [0.05, 0.1) is 0 Å². The Morgan fingerprint density at radius 2 is 1.72 bits per heavy atom. The van der Waals surface area contributed by atoms with Crippen molar-refractivity contribution in [2.75, 3.05) is 0 Å². The van der Waals surface area contributed by atoms with Crippen molar-refractivity contribution in [1.29, 1.82) is 0 Å². The number of aryl methyl sites for hydroxylation is 4. The van der Waals surface area contributed by atoms with E-state index in [9.17, 15) is 4.79 Å². The molecule has 1 aromatic heterocycles. The minimum atomic E-state index is -1.09. The van der Waals surface area contributed by atoms with E-state index in [1.807, 2.05) is 32.9 Å². The van der Waals surface area contributed by atoms with Crippen LogP contribution in [-0.4, -0.2) is 16.1 Å². The Morgan fingerprint density at radius 1 is 1.11 bits per heavy atom. The van der Waals surface area contributed by atoms with Crippen molar-refractivity contribution < 1.29 is 14.3 Å². The van der Waals surface area contributed by atoms with Crippen LogP contribution in [0, 0.1) is 27.7 Å². The van der Waals surface area contributed by atoms with Gasteiger partial charge in [0.1, 0.15) is 5.69 Å². The molecule has 18 heavy (non-hydrogen) atoms. The van der Waals surface area contributed by atoms with E-state index < -0.39 is 5.97 Å². The smallest absolute Gasteiger partial charge is 0.374 e. The fourth-order valence-electron chi connectivity index (χ4n) is 1.97. The van der Waals surface area contributed by atoms with Crippen LogP contribution in [0.5, 0.6) is 0 Å². The highest BCUT2D eigenvalue weighted by Crippen LogP contribution is 2.29. The highest BCUT2D eigenvalue weighted by atomic mass is 16.4. The third-order valence-electron chi connectivity index (χ3n) is 3.02. The van der Waals surface area contributed by atoms with E-state index >= 15 is 0 Å². The highest BCUT2D eigenvalue weighted by molar-refractivity contribution is 5.92. The first-order valence-corrected chi connectivity index (χ1v) is 5.69. The van der Waals surface area contributed by atoms with Gasteiger partial charge >= 0.3 is 5.97 Å². The Hall–Kier alpha value is -2.10. The largest absolute Gasteiger partial charge is 0.475 e. The topological polar surface area (TPSA) is 63.3 Å². The predicted octanol–water partition coefficient (Wildman–Crippen LogP) is 3.27. The van der Waals surface area contributed by atoms with Crippen LogP contribution in [0.15, 0.2) is 16.5 Å². The number of aromatic nitrogens is 1. The lowest BCUT2D eigenvalue weighted by molar-refractivity contribution is 0.0662. The number of oxazole rings is 1. The summed E-state index contributed by atoms with van der Waals surface area (Å²) >= 11 is 0. The predicted molar refractivity (Wildman–Crippen MR) is 67.8 cm³/mol. The Bertz CT molecular complexity index is 626. The quantitative estimate of drug-likeness (QED) is 0.881. The maximum Gasteiger partial charge on any atom is 0.374 e. The van der Waals surface area contributed by atoms with Gasteiger partial charge in [-0.3, -0.25) is 0 Å². The summed E-state index contributed by atoms with van der Waals surface area (Å²) < 4.78 is 5.14. The van der Waals surface area contributed by atoms with Crippen molar-refractivity contribution in [2.45, 2.75) is 27.7 Å². The number of benzene rings is 1. The molecule has 0 unspecified atom stereocenters. The molecule has 94 valence electrons. The average Bonchev–Trinajstić information content (AvgIpc) is 2.65. The summed E-state index contributed by atoms with van der Waals surface area (Å²) in [5.74, 6) is -0.831. The monoisotopic (exact) mass is 245 g/mol. The SMILES string of the molecule is Cc1nc(-c2cc(C)c(C)cc2C)c(C(=O)O)o1. The Kier molecular flexibility index (Phi) is 2.95. The molecule has 0 radical (unpaired) electrons. The molecule has 0 atom stereocenters. The van der Waals surface area contributed by atoms with Crippen LogP contribution in [0.3, 0.4) is 0 Å². The van der Waals surface area contributed by atoms with Crippen LogP contribution < -0.4 is 0 Å². The van der Waals surface area contributed by atoms with E-state index in [4.69, 9.17) is 9.52 Å². The molecule has 0 aliphatic rings. The zero-order valence-corrected chi connectivity index (χ0v) is 10.9. The molecule has 0 saturated heterocycles. The van der Waals surface area contributed by atoms with Crippen molar-refractivity contribution in [3.63, 3.8) is 0 Å². The Balaban J connectivity index is 2.69. The number of hydrogen-bond donors (Lipinski definition) is 1. The molecule has 1 aromatic carbocycles. The minimum absolute atomic E-state index is 0.0983. The van der Waals surface area contributed by atoms with Crippen molar-refractivity contribution in [2.24, 2.45) is 0 Å². The van der Waals surface area contributed by atoms with Gasteiger partial charge < -0.3 is 9.52 Å². The van der Waals surface area contributed by atoms with Gasteiger partial charge in [-0.15, -0.1) is 0 Å². The Morgan fingerprint density at radius 3 is 2.33 bits per heavy atom. The molecule has 0 amide bonds. The van der Waals surface area contributed by atoms with Gasteiger partial charge in [-0.25, -0.2) is 9.78 Å². The molecule has 2 rings (SSSR count). The van der Waals surface area contributed by atoms with Crippen LogP contribution in [-0.2, 0) is 0 Å². The zero-order chi connectivity index (χ0) is 13.4. The first kappa shape index (κ1) is 12.4. The Labute approximate surface area is 105 Å². The molecule has 1 N–H and O–H groups in total. The van der Waals surface area contributed by atoms with Crippen LogP contribution in [0.4, 0.5) is 0 Å². The lowest BCUT2D eigenvalue weighted by Gasteiger charge is -2.07. The summed E-state index contributed by atoms with van der Waals surface area (Å²) in [6, 6.07) is 3.98. The molecular formula is C14H15NO3. The van der Waals surface area contributed by atoms with Gasteiger partial charge in [0.2, 0.25) is 5.76 Å². The molecule has 0 aliphatic heterocycles. The fraction of sp³-hybridized carbons (Fsp3) is 0.286. The standard InChI is InChI=1S/C14H15NO3/c1-7-5-9(3)11(6-8(7)2)12-13(14(16)17)18-10(4)15-12/h5-6H,1-4H3,(H,16,17). The highest BCUT2D eigenvalue weighted by Gasteiger charge is 2.21. The van der Waals surface area contributed by atoms with Crippen molar-refractivity contribution in [3.05, 3.63) is 40.5 Å². The second-order valence-corrected chi connectivity index (χ2v) is 4.47. The summed E-state index contributed by atoms with van der Waals surface area (Å²) in [7, 11) is 0. The van der Waals surface area contributed by atoms with Crippen molar-refractivity contribution in [1.82, 2.24) is 4.98 Å². The van der Waals surface area contributed by atoms with Gasteiger partial charge in [0, 0.05) is 12.5 Å². The molecular weight excluding hydrogens is 230 g/mol. The number of carbonyl (C=O) groups is 1. The van der Waals surface area contributed by atoms with Gasteiger partial charge in [0.25, 0.3) is 0 Å². The molecule has 0 aliphatic carbocycles. The van der Waals surface area contributed by atoms with Crippen molar-refractivity contribution in [3.8, 4) is 11.3 Å². The second kappa shape index (κ2) is 4.29. The average molecular weight is 245 g/mol. The molecule has 4 nitrogen and oxygen atoms in total. The number of nitrogens with zero attached hydrogens (tertiary/aromatic N) is 1. The maximum atomic E-state index is 11.1. The lowest BCUT2D eigenvalue weighted by Crippen LogP contribution is -1.98. The number of rotatable bonds is 2. The second-order valence-electron chi connectivity index (χ2n) is 4.47. The number of carboxylic acid groups (broad SMARTS) is 1. The minimum Gasteiger partial charge on any atom is -0.475 e. The zero-order valence-electron chi connectivity index (χ0n) is 10.9. The fourth-order valence-corrected chi connectivity index (χ4v) is 1.97. The lowest BCUT2D eigenvalue weighted by atomic mass is 9.98. The molecule has 2 aromatic rings. The number of aromatic carboxylic acids is 1. The maximum absolute atomic E-state index is 11.1. The van der Waals surface area contributed by atoms with Gasteiger partial charge in [-0.1, -0.05) is 6.07 Å². The van der Waals surface area contributed by atoms with Crippen LogP contribution in [0.2, 0.25) is 0 Å². The van der Waals surface area contributed by atoms with E-state index in [2.05, 4.69) is 4.98 Å². The first-order chi connectivity index (χ1) is 8.40. The third kappa shape index (κ3) is 2.01. The summed E-state index contributed by atoms with van der Waals surface area (Å²) in [6.45, 7) is 7.60. The summed E-state index contributed by atoms with van der Waals surface area (Å²) in [5.41, 5.74) is 4.49. The number of hydrogen-bond acceptors (Lipinski definition) is 3. The third-order valence-corrected chi connectivity index (χ3v) is 3.02. The van der Waals surface area contributed by atoms with E-state index in [1.165, 1.54) is 5.56 Å². The van der Waals surface area contributed by atoms with E-state index in [-0.39, 0.29) is 5.76 Å². The first-order valence-electron chi connectivity index (χ1n) is 5.69. The number of carboxylic acids is 1. The van der Waals surface area contributed by atoms with Crippen LogP contribution in [0.1, 0.15) is 33.1 Å². The van der Waals surface area contributed by atoms with Crippen LogP contribution in [0.25, 0.3) is 11.3 Å². The summed E-state index contributed by atoms with van der Waals surface area (Å²) in [4.78, 5) is 15.3. The summed E-state index contributed by atoms with van der Waals surface area (Å²) in [5, 5.41) is 9.12. The van der Waals surface area contributed by atoms with Crippen molar-refractivity contribution >= 4 is 5.97 Å². The van der Waals surface area contributed by atoms with Gasteiger partial charge in [0.15, 0.2) is 5.89 Å². The molecule has 4 heteroatoms. The molecule has 0 saturated carbocycles. The summed E-state index contributed by atoms with van der Waals surface area (Å²) in [6.07, 6.45) is 0. The molecule has 0 fully saturated rings.